The monoisotopic (exact) mass is 517 g/mol. The van der Waals surface area contributed by atoms with Crippen molar-refractivity contribution in [2.45, 2.75) is 31.4 Å². The number of nitrogens with zero attached hydrogens (tertiary/aromatic N) is 4. The molecule has 7 nitrogen and oxygen atoms in total. The fraction of sp³-hybridized carbons (Fsp3) is 0.360. The number of carbonyl (C=O) groups is 1. The summed E-state index contributed by atoms with van der Waals surface area (Å²) < 4.78 is 46.7. The molecule has 11 heteroatoms. The molecule has 3 aromatic rings. The van der Waals surface area contributed by atoms with Gasteiger partial charge in [0.2, 0.25) is 5.88 Å². The van der Waals surface area contributed by atoms with E-state index in [0.717, 1.165) is 11.8 Å². The number of fused-ring (bicyclic) bond motifs is 2. The van der Waals surface area contributed by atoms with Crippen molar-refractivity contribution in [1.29, 1.82) is 0 Å². The summed E-state index contributed by atoms with van der Waals surface area (Å²) in [5.41, 5.74) is 1.02. The largest absolute Gasteiger partial charge is 0.477 e. The van der Waals surface area contributed by atoms with Crippen LogP contribution in [0.15, 0.2) is 42.9 Å². The lowest BCUT2D eigenvalue weighted by atomic mass is 9.70. The van der Waals surface area contributed by atoms with Crippen LogP contribution >= 0.6 is 11.6 Å². The van der Waals surface area contributed by atoms with Crippen LogP contribution in [0.25, 0.3) is 11.3 Å². The number of amides is 1. The number of piperidine rings is 1. The number of aromatic nitrogens is 3. The maximum atomic E-state index is 13.7. The Morgan fingerprint density at radius 2 is 1.97 bits per heavy atom. The van der Waals surface area contributed by atoms with Gasteiger partial charge in [0.1, 0.15) is 11.3 Å². The second-order valence-corrected chi connectivity index (χ2v) is 9.25. The summed E-state index contributed by atoms with van der Waals surface area (Å²) in [7, 11) is 0. The third-order valence-electron chi connectivity index (χ3n) is 6.82. The van der Waals surface area contributed by atoms with Gasteiger partial charge in [0.05, 0.1) is 34.8 Å². The van der Waals surface area contributed by atoms with Gasteiger partial charge in [-0.3, -0.25) is 9.78 Å². The number of anilines is 1. The van der Waals surface area contributed by atoms with Crippen LogP contribution in [0.3, 0.4) is 0 Å². The summed E-state index contributed by atoms with van der Waals surface area (Å²) >= 11 is 5.88. The lowest BCUT2D eigenvalue weighted by Gasteiger charge is -2.45. The van der Waals surface area contributed by atoms with Gasteiger partial charge in [-0.05, 0) is 43.5 Å². The summed E-state index contributed by atoms with van der Waals surface area (Å²) in [6.07, 6.45) is 0.310. The molecule has 5 rings (SSSR count). The van der Waals surface area contributed by atoms with E-state index in [1.165, 1.54) is 6.20 Å². The minimum absolute atomic E-state index is 0.0292. The Balaban J connectivity index is 1.46. The molecule has 2 aliphatic rings. The zero-order chi connectivity index (χ0) is 25.5. The first-order chi connectivity index (χ1) is 17.2. The van der Waals surface area contributed by atoms with Crippen LogP contribution in [0.5, 0.6) is 5.88 Å². The Morgan fingerprint density at radius 1 is 1.19 bits per heavy atom. The molecule has 0 atom stereocenters. The maximum Gasteiger partial charge on any atom is 0.419 e. The lowest BCUT2D eigenvalue weighted by Crippen LogP contribution is -2.53. The Hall–Kier alpha value is -3.40. The summed E-state index contributed by atoms with van der Waals surface area (Å²) in [5, 5.41) is 2.51. The summed E-state index contributed by atoms with van der Waals surface area (Å²) in [6.45, 7) is 3.38. The smallest absolute Gasteiger partial charge is 0.419 e. The van der Waals surface area contributed by atoms with E-state index >= 15 is 0 Å². The highest BCUT2D eigenvalue weighted by Gasteiger charge is 2.44. The van der Waals surface area contributed by atoms with Gasteiger partial charge in [-0.2, -0.15) is 13.2 Å². The molecule has 0 saturated carbocycles. The fourth-order valence-electron chi connectivity index (χ4n) is 5.04. The second-order valence-electron chi connectivity index (χ2n) is 8.85. The molecule has 0 aliphatic carbocycles. The third-order valence-corrected chi connectivity index (χ3v) is 7.11. The van der Waals surface area contributed by atoms with E-state index in [1.54, 1.807) is 17.2 Å². The van der Waals surface area contributed by atoms with Gasteiger partial charge in [0, 0.05) is 37.4 Å². The molecule has 0 bridgehead atoms. The predicted octanol–water partition coefficient (Wildman–Crippen LogP) is 4.89. The molecule has 1 fully saturated rings. The lowest BCUT2D eigenvalue weighted by molar-refractivity contribution is -0.137. The van der Waals surface area contributed by atoms with Gasteiger partial charge >= 0.3 is 6.18 Å². The maximum absolute atomic E-state index is 13.7. The molecule has 0 radical (unpaired) electrons. The zero-order valence-electron chi connectivity index (χ0n) is 19.4. The average molecular weight is 518 g/mol. The number of carbonyl (C=O) groups excluding carboxylic acids is 1. The van der Waals surface area contributed by atoms with Crippen LogP contribution in [0.4, 0.5) is 18.9 Å². The van der Waals surface area contributed by atoms with E-state index in [4.69, 9.17) is 16.3 Å². The molecule has 1 saturated heterocycles. The van der Waals surface area contributed by atoms with Crippen LogP contribution in [-0.4, -0.2) is 47.1 Å². The SMILES string of the molecule is CCOc1ncccc1-c1ccc2c(n1)C(=O)NCC21CCN(c2cncc(Cl)c2C(F)(F)F)CC1. The number of halogens is 4. The topological polar surface area (TPSA) is 80.2 Å². The van der Waals surface area contributed by atoms with Crippen molar-refractivity contribution in [2.75, 3.05) is 31.1 Å². The number of pyridine rings is 3. The van der Waals surface area contributed by atoms with Gasteiger partial charge in [-0.25, -0.2) is 9.97 Å². The van der Waals surface area contributed by atoms with Crippen molar-refractivity contribution in [3.63, 3.8) is 0 Å². The molecule has 1 spiro atoms. The van der Waals surface area contributed by atoms with Crippen molar-refractivity contribution in [2.24, 2.45) is 0 Å². The summed E-state index contributed by atoms with van der Waals surface area (Å²) in [4.78, 5) is 27.3. The first kappa shape index (κ1) is 24.3. The Morgan fingerprint density at radius 3 is 2.69 bits per heavy atom. The summed E-state index contributed by atoms with van der Waals surface area (Å²) in [5.74, 6) is 0.155. The van der Waals surface area contributed by atoms with Gasteiger partial charge in [0.25, 0.3) is 5.91 Å². The molecule has 1 amide bonds. The molecule has 188 valence electrons. The highest BCUT2D eigenvalue weighted by atomic mass is 35.5. The number of nitrogens with one attached hydrogen (secondary N) is 1. The van der Waals surface area contributed by atoms with Crippen LogP contribution < -0.4 is 15.0 Å². The standard InChI is InChI=1S/C25H23ClF3N5O2/c1-2-36-23-15(4-3-9-31-23)18-6-5-16-21(33-18)22(35)32-14-24(16)7-10-34(11-8-24)19-13-30-12-17(26)20(19)25(27,28)29/h3-6,9,12-13H,2,7-8,10-11,14H2,1H3,(H,32,35). The van der Waals surface area contributed by atoms with Crippen molar-refractivity contribution in [3.05, 3.63) is 64.7 Å². The number of alkyl halides is 3. The number of ether oxygens (including phenoxy) is 1. The number of hydrogen-bond acceptors (Lipinski definition) is 6. The Labute approximate surface area is 210 Å². The average Bonchev–Trinajstić information content (AvgIpc) is 2.86. The van der Waals surface area contributed by atoms with E-state index in [1.807, 2.05) is 25.1 Å². The van der Waals surface area contributed by atoms with Gasteiger partial charge in [0.15, 0.2) is 0 Å². The molecule has 0 aromatic carbocycles. The minimum atomic E-state index is -4.59. The van der Waals surface area contributed by atoms with Crippen LogP contribution in [-0.2, 0) is 11.6 Å². The van der Waals surface area contributed by atoms with Crippen molar-refractivity contribution in [3.8, 4) is 17.1 Å². The van der Waals surface area contributed by atoms with Crippen molar-refractivity contribution >= 4 is 23.2 Å². The predicted molar refractivity (Wildman–Crippen MR) is 128 cm³/mol. The van der Waals surface area contributed by atoms with Crippen molar-refractivity contribution < 1.29 is 22.7 Å². The first-order valence-electron chi connectivity index (χ1n) is 11.6. The fourth-order valence-corrected chi connectivity index (χ4v) is 5.30. The normalized spacial score (nSPS) is 17.0. The molecular formula is C25H23ClF3N5O2. The van der Waals surface area contributed by atoms with Crippen LogP contribution in [0, 0.1) is 0 Å². The zero-order valence-corrected chi connectivity index (χ0v) is 20.2. The molecule has 2 aliphatic heterocycles. The minimum Gasteiger partial charge on any atom is -0.477 e. The molecule has 5 heterocycles. The third kappa shape index (κ3) is 4.23. The second kappa shape index (κ2) is 9.24. The highest BCUT2D eigenvalue weighted by molar-refractivity contribution is 6.31. The molecule has 3 aromatic heterocycles. The van der Waals surface area contributed by atoms with Gasteiger partial charge < -0.3 is 15.0 Å². The van der Waals surface area contributed by atoms with Gasteiger partial charge in [-0.15, -0.1) is 0 Å². The molecule has 0 unspecified atom stereocenters. The van der Waals surface area contributed by atoms with E-state index in [0.29, 0.717) is 61.9 Å². The van der Waals surface area contributed by atoms with Crippen molar-refractivity contribution in [1.82, 2.24) is 20.3 Å². The van der Waals surface area contributed by atoms with Gasteiger partial charge in [-0.1, -0.05) is 17.7 Å². The number of hydrogen-bond donors (Lipinski definition) is 1. The molecule has 36 heavy (non-hydrogen) atoms. The quantitative estimate of drug-likeness (QED) is 0.531. The Bertz CT molecular complexity index is 1310. The molecule has 1 N–H and O–H groups in total. The van der Waals surface area contributed by atoms with E-state index in [9.17, 15) is 18.0 Å². The Kier molecular flexibility index (Phi) is 6.23. The van der Waals surface area contributed by atoms with Crippen LogP contribution in [0.2, 0.25) is 5.02 Å². The van der Waals surface area contributed by atoms with Crippen LogP contribution in [0.1, 0.15) is 41.4 Å². The van der Waals surface area contributed by atoms with E-state index in [2.05, 4.69) is 20.3 Å². The number of rotatable bonds is 4. The summed E-state index contributed by atoms with van der Waals surface area (Å²) in [6, 6.07) is 7.35. The first-order valence-corrected chi connectivity index (χ1v) is 11.9. The van der Waals surface area contributed by atoms with E-state index < -0.39 is 22.2 Å². The highest BCUT2D eigenvalue weighted by Crippen LogP contribution is 2.45. The van der Waals surface area contributed by atoms with E-state index in [-0.39, 0.29) is 11.6 Å². The molecular weight excluding hydrogens is 495 g/mol.